The van der Waals surface area contributed by atoms with E-state index in [4.69, 9.17) is 11.5 Å². The van der Waals surface area contributed by atoms with Gasteiger partial charge in [-0.1, -0.05) is 30.4 Å². The second-order valence-corrected chi connectivity index (χ2v) is 4.54. The van der Waals surface area contributed by atoms with E-state index in [1.807, 2.05) is 12.1 Å². The van der Waals surface area contributed by atoms with Crippen molar-refractivity contribution in [2.45, 2.75) is 12.5 Å². The van der Waals surface area contributed by atoms with Gasteiger partial charge in [0.1, 0.15) is 5.82 Å². The van der Waals surface area contributed by atoms with Crippen LogP contribution in [0.15, 0.2) is 36.5 Å². The molecule has 96 valence electrons. The quantitative estimate of drug-likeness (QED) is 0.757. The van der Waals surface area contributed by atoms with Crippen molar-refractivity contribution in [3.05, 3.63) is 47.7 Å². The highest BCUT2D eigenvalue weighted by molar-refractivity contribution is 5.70. The summed E-state index contributed by atoms with van der Waals surface area (Å²) < 4.78 is 0. The lowest BCUT2D eigenvalue weighted by atomic mass is 10.0. The van der Waals surface area contributed by atoms with E-state index in [-0.39, 0.29) is 12.0 Å². The molecule has 2 heterocycles. The summed E-state index contributed by atoms with van der Waals surface area (Å²) in [6.45, 7) is 0. The predicted molar refractivity (Wildman–Crippen MR) is 77.4 cm³/mol. The van der Waals surface area contributed by atoms with Crippen LogP contribution in [0.5, 0.6) is 0 Å². The summed E-state index contributed by atoms with van der Waals surface area (Å²) in [6, 6.07) is 8.37. The minimum Gasteiger partial charge on any atom is -0.383 e. The van der Waals surface area contributed by atoms with E-state index in [1.54, 1.807) is 6.20 Å². The Bertz CT molecular complexity index is 635. The second-order valence-electron chi connectivity index (χ2n) is 4.54. The lowest BCUT2D eigenvalue weighted by Crippen LogP contribution is -2.23. The Kier molecular flexibility index (Phi) is 2.79. The van der Waals surface area contributed by atoms with E-state index in [9.17, 15) is 0 Å². The number of rotatable bonds is 2. The summed E-state index contributed by atoms with van der Waals surface area (Å²) in [7, 11) is 0. The average Bonchev–Trinajstić information content (AvgIpc) is 2.42. The number of hydrogen-bond donors (Lipinski definition) is 3. The van der Waals surface area contributed by atoms with Crippen molar-refractivity contribution in [3.63, 3.8) is 0 Å². The lowest BCUT2D eigenvalue weighted by Gasteiger charge is -2.22. The van der Waals surface area contributed by atoms with Gasteiger partial charge in [-0.3, -0.25) is 0 Å². The molecule has 0 spiro atoms. The number of nitrogens with one attached hydrogen (secondary N) is 1. The third-order valence-corrected chi connectivity index (χ3v) is 3.17. The molecule has 5 nitrogen and oxygen atoms in total. The van der Waals surface area contributed by atoms with Crippen molar-refractivity contribution in [2.75, 3.05) is 16.8 Å². The van der Waals surface area contributed by atoms with Crippen LogP contribution in [0, 0.1) is 0 Å². The van der Waals surface area contributed by atoms with Crippen LogP contribution in [0.4, 0.5) is 17.5 Å². The van der Waals surface area contributed by atoms with Crippen LogP contribution in [0.3, 0.4) is 0 Å². The molecular formula is C14H15N5. The van der Waals surface area contributed by atoms with E-state index in [0.717, 1.165) is 17.7 Å². The van der Waals surface area contributed by atoms with Crippen molar-refractivity contribution in [2.24, 2.45) is 0 Å². The summed E-state index contributed by atoms with van der Waals surface area (Å²) in [5.41, 5.74) is 14.6. The van der Waals surface area contributed by atoms with Gasteiger partial charge in [0.05, 0.1) is 0 Å². The molecule has 0 amide bonds. The van der Waals surface area contributed by atoms with Crippen LogP contribution in [-0.2, 0) is 6.42 Å². The van der Waals surface area contributed by atoms with Gasteiger partial charge in [-0.25, -0.2) is 4.98 Å². The van der Waals surface area contributed by atoms with E-state index in [0.29, 0.717) is 5.82 Å². The normalized spacial score (nSPS) is 16.7. The van der Waals surface area contributed by atoms with E-state index >= 15 is 0 Å². The summed E-state index contributed by atoms with van der Waals surface area (Å²) in [4.78, 5) is 7.96. The predicted octanol–water partition coefficient (Wildman–Crippen LogP) is 1.69. The molecule has 0 saturated heterocycles. The zero-order valence-corrected chi connectivity index (χ0v) is 10.4. The Hall–Kier alpha value is -2.56. The van der Waals surface area contributed by atoms with Gasteiger partial charge in [0.15, 0.2) is 0 Å². The summed E-state index contributed by atoms with van der Waals surface area (Å²) in [5.74, 6) is 0.653. The highest BCUT2D eigenvalue weighted by Gasteiger charge is 2.14. The van der Waals surface area contributed by atoms with Crippen LogP contribution in [0.25, 0.3) is 6.08 Å². The maximum atomic E-state index is 5.85. The smallest absolute Gasteiger partial charge is 0.221 e. The number of benzene rings is 1. The monoisotopic (exact) mass is 253 g/mol. The van der Waals surface area contributed by atoms with Gasteiger partial charge in [0.2, 0.25) is 5.95 Å². The molecular weight excluding hydrogens is 238 g/mol. The summed E-state index contributed by atoms with van der Waals surface area (Å²) >= 11 is 0. The molecule has 1 atom stereocenters. The SMILES string of the molecule is Nc1ncc(CC2C=Cc3ccccc3N2)c(N)n1. The maximum Gasteiger partial charge on any atom is 0.221 e. The number of nitrogens with two attached hydrogens (primary N) is 2. The molecule has 0 fully saturated rings. The molecule has 5 heteroatoms. The van der Waals surface area contributed by atoms with E-state index in [2.05, 4.69) is 39.6 Å². The fourth-order valence-electron chi connectivity index (χ4n) is 2.19. The fourth-order valence-corrected chi connectivity index (χ4v) is 2.19. The van der Waals surface area contributed by atoms with Gasteiger partial charge in [-0.2, -0.15) is 4.98 Å². The first kappa shape index (κ1) is 11.5. The minimum absolute atomic E-state index is 0.185. The first-order valence-corrected chi connectivity index (χ1v) is 6.13. The van der Waals surface area contributed by atoms with Gasteiger partial charge in [-0.05, 0) is 11.6 Å². The van der Waals surface area contributed by atoms with Crippen LogP contribution >= 0.6 is 0 Å². The molecule has 0 bridgehead atoms. The molecule has 5 N–H and O–H groups in total. The van der Waals surface area contributed by atoms with Crippen molar-refractivity contribution >= 4 is 23.5 Å². The third-order valence-electron chi connectivity index (χ3n) is 3.17. The number of fused-ring (bicyclic) bond motifs is 1. The van der Waals surface area contributed by atoms with Crippen molar-refractivity contribution in [1.82, 2.24) is 9.97 Å². The maximum absolute atomic E-state index is 5.85. The third kappa shape index (κ3) is 2.35. The second kappa shape index (κ2) is 4.61. The first-order chi connectivity index (χ1) is 9.22. The Balaban J connectivity index is 1.79. The number of anilines is 3. The molecule has 3 rings (SSSR count). The Morgan fingerprint density at radius 3 is 2.89 bits per heavy atom. The molecule has 19 heavy (non-hydrogen) atoms. The van der Waals surface area contributed by atoms with E-state index in [1.165, 1.54) is 5.56 Å². The molecule has 1 aliphatic heterocycles. The number of aromatic nitrogens is 2. The molecule has 1 aromatic carbocycles. The van der Waals surface area contributed by atoms with Gasteiger partial charge < -0.3 is 16.8 Å². The zero-order valence-electron chi connectivity index (χ0n) is 10.4. The van der Waals surface area contributed by atoms with Crippen LogP contribution < -0.4 is 16.8 Å². The zero-order chi connectivity index (χ0) is 13.2. The number of para-hydroxylation sites is 1. The van der Waals surface area contributed by atoms with Crippen LogP contribution in [-0.4, -0.2) is 16.0 Å². The molecule has 2 aromatic rings. The minimum atomic E-state index is 0.185. The molecule has 0 aliphatic carbocycles. The highest BCUT2D eigenvalue weighted by atomic mass is 15.0. The van der Waals surface area contributed by atoms with Gasteiger partial charge >= 0.3 is 0 Å². The Morgan fingerprint density at radius 1 is 1.21 bits per heavy atom. The van der Waals surface area contributed by atoms with Crippen molar-refractivity contribution in [1.29, 1.82) is 0 Å². The topological polar surface area (TPSA) is 89.8 Å². The fraction of sp³-hybridized carbons (Fsp3) is 0.143. The van der Waals surface area contributed by atoms with E-state index < -0.39 is 0 Å². The number of hydrogen-bond acceptors (Lipinski definition) is 5. The van der Waals surface area contributed by atoms with Gasteiger partial charge in [0.25, 0.3) is 0 Å². The van der Waals surface area contributed by atoms with Crippen molar-refractivity contribution < 1.29 is 0 Å². The summed E-state index contributed by atoms with van der Waals surface area (Å²) in [6.07, 6.45) is 6.66. The molecule has 1 aromatic heterocycles. The molecule has 1 aliphatic rings. The number of nitrogen functional groups attached to an aromatic ring is 2. The van der Waals surface area contributed by atoms with Crippen LogP contribution in [0.1, 0.15) is 11.1 Å². The van der Waals surface area contributed by atoms with Crippen molar-refractivity contribution in [3.8, 4) is 0 Å². The highest BCUT2D eigenvalue weighted by Crippen LogP contribution is 2.24. The van der Waals surface area contributed by atoms with Crippen LogP contribution in [0.2, 0.25) is 0 Å². The number of nitrogens with zero attached hydrogens (tertiary/aromatic N) is 2. The lowest BCUT2D eigenvalue weighted by molar-refractivity contribution is 0.853. The standard InChI is InChI=1S/C14H15N5/c15-13-10(8-17-14(16)19-13)7-11-6-5-9-3-1-2-4-12(9)18-11/h1-6,8,11,18H,7H2,(H4,15,16,17,19). The molecule has 0 radical (unpaired) electrons. The Morgan fingerprint density at radius 2 is 2.05 bits per heavy atom. The first-order valence-electron chi connectivity index (χ1n) is 6.13. The van der Waals surface area contributed by atoms with Gasteiger partial charge in [-0.15, -0.1) is 0 Å². The largest absolute Gasteiger partial charge is 0.383 e. The average molecular weight is 253 g/mol. The summed E-state index contributed by atoms with van der Waals surface area (Å²) in [5, 5.41) is 3.46. The van der Waals surface area contributed by atoms with Gasteiger partial charge in [0, 0.05) is 29.9 Å². The molecule has 0 saturated carbocycles. The Labute approximate surface area is 111 Å². The molecule has 1 unspecified atom stereocenters.